The monoisotopic (exact) mass is 376 g/mol. The van der Waals surface area contributed by atoms with Gasteiger partial charge < -0.3 is 19.6 Å². The summed E-state index contributed by atoms with van der Waals surface area (Å²) in [7, 11) is 1.54. The highest BCUT2D eigenvalue weighted by atomic mass is 16.5. The Morgan fingerprint density at radius 1 is 1.14 bits per heavy atom. The van der Waals surface area contributed by atoms with Crippen LogP contribution in [0, 0.1) is 6.92 Å². The van der Waals surface area contributed by atoms with Gasteiger partial charge in [0, 0.05) is 29.0 Å². The van der Waals surface area contributed by atoms with E-state index in [2.05, 4.69) is 23.0 Å². The number of aromatic amines is 1. The fourth-order valence-corrected chi connectivity index (χ4v) is 3.43. The average Bonchev–Trinajstić information content (AvgIpc) is 3.06. The molecule has 0 unspecified atom stereocenters. The van der Waals surface area contributed by atoms with Crippen LogP contribution in [0.2, 0.25) is 0 Å². The van der Waals surface area contributed by atoms with Gasteiger partial charge in [-0.05, 0) is 36.2 Å². The molecule has 0 aliphatic rings. The number of nitrogens with one attached hydrogen (secondary N) is 1. The first-order chi connectivity index (χ1) is 13.6. The number of hydrogen-bond donors (Lipinski definition) is 2. The van der Waals surface area contributed by atoms with Crippen molar-refractivity contribution in [2.24, 2.45) is 0 Å². The normalized spacial score (nSPS) is 11.2. The van der Waals surface area contributed by atoms with Crippen LogP contribution in [-0.4, -0.2) is 28.2 Å². The Morgan fingerprint density at radius 3 is 2.71 bits per heavy atom. The van der Waals surface area contributed by atoms with E-state index in [9.17, 15) is 9.90 Å². The number of aromatic nitrogens is 2. The topological polar surface area (TPSA) is 84.4 Å². The third-order valence-corrected chi connectivity index (χ3v) is 4.86. The molecule has 6 heteroatoms. The van der Waals surface area contributed by atoms with Gasteiger partial charge in [-0.1, -0.05) is 24.3 Å². The molecule has 0 saturated carbocycles. The lowest BCUT2D eigenvalue weighted by molar-refractivity contribution is 0.0685. The van der Waals surface area contributed by atoms with Gasteiger partial charge in [-0.3, -0.25) is 0 Å². The van der Waals surface area contributed by atoms with E-state index in [0.29, 0.717) is 17.9 Å². The Kier molecular flexibility index (Phi) is 4.71. The number of H-pyrrole nitrogens is 1. The summed E-state index contributed by atoms with van der Waals surface area (Å²) < 4.78 is 11.2. The van der Waals surface area contributed by atoms with E-state index >= 15 is 0 Å². The smallest absolute Gasteiger partial charge is 0.354 e. The minimum atomic E-state index is -1.07. The molecule has 0 spiro atoms. The zero-order valence-electron chi connectivity index (χ0n) is 15.7. The molecule has 2 heterocycles. The van der Waals surface area contributed by atoms with Gasteiger partial charge in [-0.25, -0.2) is 9.78 Å². The fourth-order valence-electron chi connectivity index (χ4n) is 3.43. The van der Waals surface area contributed by atoms with E-state index in [1.54, 1.807) is 6.20 Å². The predicted octanol–water partition coefficient (Wildman–Crippen LogP) is 4.45. The second-order valence-electron chi connectivity index (χ2n) is 6.66. The van der Waals surface area contributed by atoms with Gasteiger partial charge in [0.25, 0.3) is 0 Å². The van der Waals surface area contributed by atoms with Crippen LogP contribution in [0.5, 0.6) is 5.75 Å². The molecule has 2 N–H and O–H groups in total. The minimum Gasteiger partial charge on any atom is -0.489 e. The maximum absolute atomic E-state index is 11.6. The summed E-state index contributed by atoms with van der Waals surface area (Å²) in [6, 6.07) is 13.8. The molecule has 0 aliphatic carbocycles. The zero-order valence-corrected chi connectivity index (χ0v) is 15.7. The number of aromatic carboxylic acids is 1. The van der Waals surface area contributed by atoms with Gasteiger partial charge in [0.2, 0.25) is 0 Å². The van der Waals surface area contributed by atoms with Crippen LogP contribution in [0.4, 0.5) is 0 Å². The van der Waals surface area contributed by atoms with Crippen LogP contribution >= 0.6 is 0 Å². The summed E-state index contributed by atoms with van der Waals surface area (Å²) in [5.74, 6) is -0.357. The summed E-state index contributed by atoms with van der Waals surface area (Å²) in [5, 5.41) is 11.2. The van der Waals surface area contributed by atoms with Gasteiger partial charge in [0.05, 0.1) is 18.3 Å². The van der Waals surface area contributed by atoms with Crippen molar-refractivity contribution in [1.82, 2.24) is 9.97 Å². The lowest BCUT2D eigenvalue weighted by Crippen LogP contribution is -2.07. The van der Waals surface area contributed by atoms with Gasteiger partial charge in [-0.15, -0.1) is 0 Å². The highest BCUT2D eigenvalue weighted by Crippen LogP contribution is 2.32. The summed E-state index contributed by atoms with van der Waals surface area (Å²) in [6.07, 6.45) is 1.55. The molecule has 0 atom stereocenters. The number of methoxy groups -OCH3 is 1. The first kappa shape index (κ1) is 18.0. The maximum atomic E-state index is 11.6. The lowest BCUT2D eigenvalue weighted by atomic mass is 10.1. The highest BCUT2D eigenvalue weighted by molar-refractivity contribution is 6.11. The van der Waals surface area contributed by atoms with E-state index in [4.69, 9.17) is 9.47 Å². The molecule has 0 radical (unpaired) electrons. The maximum Gasteiger partial charge on any atom is 0.354 e. The predicted molar refractivity (Wildman–Crippen MR) is 107 cm³/mol. The molecule has 2 aromatic carbocycles. The molecule has 28 heavy (non-hydrogen) atoms. The van der Waals surface area contributed by atoms with Crippen LogP contribution in [0.1, 0.15) is 27.2 Å². The van der Waals surface area contributed by atoms with Crippen molar-refractivity contribution < 1.29 is 19.4 Å². The Balaban J connectivity index is 1.79. The molecule has 0 fully saturated rings. The molecule has 0 aliphatic heterocycles. The molecule has 0 bridgehead atoms. The number of fused-ring (bicyclic) bond motifs is 3. The number of carboxylic acids is 1. The van der Waals surface area contributed by atoms with Crippen LogP contribution in [0.25, 0.3) is 21.8 Å². The van der Waals surface area contributed by atoms with Crippen molar-refractivity contribution in [2.75, 3.05) is 7.11 Å². The van der Waals surface area contributed by atoms with Crippen molar-refractivity contribution in [3.05, 3.63) is 71.0 Å². The third-order valence-electron chi connectivity index (χ3n) is 4.86. The summed E-state index contributed by atoms with van der Waals surface area (Å²) in [4.78, 5) is 19.0. The Hall–Kier alpha value is -3.38. The standard InChI is InChI=1S/C22H20N2O4/c1-13-5-3-4-6-14(13)11-28-15-7-8-18-16(9-15)20-17(12-27-2)21(22(25)26)23-10-19(20)24-18/h3-10,24H,11-12H2,1-2H3,(H,25,26). The number of ether oxygens (including phenoxy) is 2. The first-order valence-electron chi connectivity index (χ1n) is 8.91. The summed E-state index contributed by atoms with van der Waals surface area (Å²) in [6.45, 7) is 2.68. The van der Waals surface area contributed by atoms with Crippen molar-refractivity contribution >= 4 is 27.8 Å². The molecule has 142 valence electrons. The van der Waals surface area contributed by atoms with Gasteiger partial charge in [0.1, 0.15) is 12.4 Å². The number of carbonyl (C=O) groups is 1. The zero-order chi connectivity index (χ0) is 19.7. The van der Waals surface area contributed by atoms with Crippen LogP contribution < -0.4 is 4.74 Å². The van der Waals surface area contributed by atoms with Gasteiger partial charge >= 0.3 is 5.97 Å². The molecular formula is C22H20N2O4. The molecule has 2 aromatic heterocycles. The molecule has 0 amide bonds. The summed E-state index contributed by atoms with van der Waals surface area (Å²) >= 11 is 0. The van der Waals surface area contributed by atoms with Crippen molar-refractivity contribution in [1.29, 1.82) is 0 Å². The first-order valence-corrected chi connectivity index (χ1v) is 8.91. The SMILES string of the molecule is COCc1c(C(=O)O)ncc2[nH]c3ccc(OCc4ccccc4C)cc3c12. The van der Waals surface area contributed by atoms with E-state index in [1.807, 2.05) is 36.4 Å². The quantitative estimate of drug-likeness (QED) is 0.519. The van der Waals surface area contributed by atoms with Crippen LogP contribution in [0.15, 0.2) is 48.7 Å². The number of benzene rings is 2. The van der Waals surface area contributed by atoms with E-state index in [0.717, 1.165) is 27.4 Å². The third kappa shape index (κ3) is 3.18. The number of rotatable bonds is 6. The van der Waals surface area contributed by atoms with Crippen molar-refractivity contribution in [3.63, 3.8) is 0 Å². The number of pyridine rings is 1. The van der Waals surface area contributed by atoms with Gasteiger partial charge in [0.15, 0.2) is 5.69 Å². The Morgan fingerprint density at radius 2 is 1.96 bits per heavy atom. The molecule has 0 saturated heterocycles. The van der Waals surface area contributed by atoms with E-state index < -0.39 is 5.97 Å². The van der Waals surface area contributed by atoms with Crippen LogP contribution in [0.3, 0.4) is 0 Å². The molecule has 6 nitrogen and oxygen atoms in total. The minimum absolute atomic E-state index is 0.00137. The number of aryl methyl sites for hydroxylation is 1. The number of hydrogen-bond acceptors (Lipinski definition) is 4. The van der Waals surface area contributed by atoms with E-state index in [-0.39, 0.29) is 12.3 Å². The average molecular weight is 376 g/mol. The molecule has 4 rings (SSSR count). The molecular weight excluding hydrogens is 356 g/mol. The Labute approximate surface area is 161 Å². The highest BCUT2D eigenvalue weighted by Gasteiger charge is 2.19. The van der Waals surface area contributed by atoms with E-state index in [1.165, 1.54) is 12.7 Å². The second kappa shape index (κ2) is 7.32. The van der Waals surface area contributed by atoms with Crippen LogP contribution in [-0.2, 0) is 18.0 Å². The number of nitrogens with zero attached hydrogens (tertiary/aromatic N) is 1. The Bertz CT molecular complexity index is 1180. The second-order valence-corrected chi connectivity index (χ2v) is 6.66. The number of carboxylic acid groups (broad SMARTS) is 1. The van der Waals surface area contributed by atoms with Gasteiger partial charge in [-0.2, -0.15) is 0 Å². The van der Waals surface area contributed by atoms with Crippen molar-refractivity contribution in [2.45, 2.75) is 20.1 Å². The lowest BCUT2D eigenvalue weighted by Gasteiger charge is -2.09. The van der Waals surface area contributed by atoms with Crippen molar-refractivity contribution in [3.8, 4) is 5.75 Å². The largest absolute Gasteiger partial charge is 0.489 e. The fraction of sp³-hybridized carbons (Fsp3) is 0.182. The molecule has 4 aromatic rings. The summed E-state index contributed by atoms with van der Waals surface area (Å²) in [5.41, 5.74) is 4.51.